The highest BCUT2D eigenvalue weighted by Gasteiger charge is 2.35. The summed E-state index contributed by atoms with van der Waals surface area (Å²) in [4.78, 5) is 43.5. The number of ether oxygens (including phenoxy) is 1. The highest BCUT2D eigenvalue weighted by Crippen LogP contribution is 2.25. The maximum absolute atomic E-state index is 12.8. The summed E-state index contributed by atoms with van der Waals surface area (Å²) in [6, 6.07) is 12.0. The first-order valence-corrected chi connectivity index (χ1v) is 10.9. The lowest BCUT2D eigenvalue weighted by molar-refractivity contribution is 0.0656. The van der Waals surface area contributed by atoms with Crippen LogP contribution in [0.4, 0.5) is 5.13 Å². The van der Waals surface area contributed by atoms with E-state index in [0.29, 0.717) is 22.8 Å². The minimum Gasteiger partial charge on any atom is -0.497 e. The Balaban J connectivity index is 1.46. The van der Waals surface area contributed by atoms with Gasteiger partial charge >= 0.3 is 0 Å². The van der Waals surface area contributed by atoms with Crippen molar-refractivity contribution in [2.75, 3.05) is 19.0 Å². The number of rotatable bonds is 7. The number of thiazole rings is 1. The molecule has 3 amide bonds. The molecule has 0 radical (unpaired) electrons. The summed E-state index contributed by atoms with van der Waals surface area (Å²) >= 11 is 7.00. The van der Waals surface area contributed by atoms with Crippen molar-refractivity contribution in [1.29, 1.82) is 0 Å². The molecule has 0 spiro atoms. The van der Waals surface area contributed by atoms with Gasteiger partial charge in [0.25, 0.3) is 17.7 Å². The number of alkyl halides is 1. The number of anilines is 1. The van der Waals surface area contributed by atoms with E-state index < -0.39 is 11.8 Å². The Morgan fingerprint density at radius 2 is 1.87 bits per heavy atom. The number of fused-ring (bicyclic) bond motifs is 1. The van der Waals surface area contributed by atoms with E-state index in [9.17, 15) is 14.4 Å². The van der Waals surface area contributed by atoms with Crippen molar-refractivity contribution in [1.82, 2.24) is 9.88 Å². The van der Waals surface area contributed by atoms with E-state index in [2.05, 4.69) is 10.3 Å². The van der Waals surface area contributed by atoms with Crippen LogP contribution in [0.15, 0.2) is 47.8 Å². The predicted molar refractivity (Wildman–Crippen MR) is 118 cm³/mol. The SMILES string of the molecule is COc1ccc(CCN2C(=O)c3ccc(C(=O)Nc4nc(CCl)cs4)cc3C2=O)cc1. The van der Waals surface area contributed by atoms with E-state index in [1.54, 1.807) is 12.5 Å². The van der Waals surface area contributed by atoms with Gasteiger partial charge in [-0.1, -0.05) is 12.1 Å². The summed E-state index contributed by atoms with van der Waals surface area (Å²) in [6.45, 7) is 0.251. The van der Waals surface area contributed by atoms with Crippen molar-refractivity contribution in [3.8, 4) is 5.75 Å². The van der Waals surface area contributed by atoms with Crippen LogP contribution < -0.4 is 10.1 Å². The second-order valence-electron chi connectivity index (χ2n) is 6.85. The van der Waals surface area contributed by atoms with E-state index in [4.69, 9.17) is 16.3 Å². The third kappa shape index (κ3) is 4.30. The first-order valence-electron chi connectivity index (χ1n) is 9.45. The van der Waals surface area contributed by atoms with Gasteiger partial charge in [-0.25, -0.2) is 4.98 Å². The fourth-order valence-electron chi connectivity index (χ4n) is 3.26. The maximum atomic E-state index is 12.8. The number of hydrogen-bond donors (Lipinski definition) is 1. The molecule has 3 aromatic rings. The topological polar surface area (TPSA) is 88.6 Å². The standard InChI is InChI=1S/C22H18ClN3O4S/c1-30-16-5-2-13(3-6-16)8-9-26-20(28)17-7-4-14(10-18(17)21(26)29)19(27)25-22-24-15(11-23)12-31-22/h2-7,10,12H,8-9,11H2,1H3,(H,24,25,27). The fourth-order valence-corrected chi connectivity index (χ4v) is 4.20. The summed E-state index contributed by atoms with van der Waals surface area (Å²) in [5, 5.41) is 4.87. The van der Waals surface area contributed by atoms with Crippen LogP contribution in [0.2, 0.25) is 0 Å². The molecule has 0 saturated carbocycles. The number of imide groups is 1. The van der Waals surface area contributed by atoms with Crippen LogP contribution in [0.5, 0.6) is 5.75 Å². The third-order valence-corrected chi connectivity index (χ3v) is 6.01. The molecule has 0 unspecified atom stereocenters. The van der Waals surface area contributed by atoms with Crippen molar-refractivity contribution in [3.63, 3.8) is 0 Å². The van der Waals surface area contributed by atoms with Crippen LogP contribution in [0.3, 0.4) is 0 Å². The van der Waals surface area contributed by atoms with Crippen molar-refractivity contribution in [2.24, 2.45) is 0 Å². The number of methoxy groups -OCH3 is 1. The zero-order chi connectivity index (χ0) is 22.0. The van der Waals surface area contributed by atoms with Gasteiger partial charge < -0.3 is 4.74 Å². The molecule has 1 aliphatic heterocycles. The number of nitrogens with zero attached hydrogens (tertiary/aromatic N) is 2. The van der Waals surface area contributed by atoms with Crippen LogP contribution in [-0.2, 0) is 12.3 Å². The van der Waals surface area contributed by atoms with Crippen LogP contribution in [0.1, 0.15) is 42.3 Å². The highest BCUT2D eigenvalue weighted by molar-refractivity contribution is 7.14. The summed E-state index contributed by atoms with van der Waals surface area (Å²) in [7, 11) is 1.59. The van der Waals surface area contributed by atoms with Crippen molar-refractivity contribution < 1.29 is 19.1 Å². The number of nitrogens with one attached hydrogen (secondary N) is 1. The zero-order valence-electron chi connectivity index (χ0n) is 16.6. The molecule has 0 fully saturated rings. The number of carbonyl (C=O) groups excluding carboxylic acids is 3. The molecule has 7 nitrogen and oxygen atoms in total. The average Bonchev–Trinajstić information content (AvgIpc) is 3.35. The molecule has 0 saturated heterocycles. The molecule has 0 bridgehead atoms. The largest absolute Gasteiger partial charge is 0.497 e. The summed E-state index contributed by atoms with van der Waals surface area (Å²) in [5.41, 5.74) is 2.46. The van der Waals surface area contributed by atoms with Crippen molar-refractivity contribution >= 4 is 45.8 Å². The smallest absolute Gasteiger partial charge is 0.261 e. The maximum Gasteiger partial charge on any atom is 0.261 e. The first-order chi connectivity index (χ1) is 15.0. The van der Waals surface area contributed by atoms with Crippen LogP contribution in [0, 0.1) is 0 Å². The summed E-state index contributed by atoms with van der Waals surface area (Å²) < 4.78 is 5.14. The van der Waals surface area contributed by atoms with Gasteiger partial charge in [-0.15, -0.1) is 22.9 Å². The summed E-state index contributed by atoms with van der Waals surface area (Å²) in [6.07, 6.45) is 0.524. The molecule has 2 heterocycles. The minimum absolute atomic E-state index is 0.230. The van der Waals surface area contributed by atoms with Crippen LogP contribution >= 0.6 is 22.9 Å². The van der Waals surface area contributed by atoms with Gasteiger partial charge in [0.15, 0.2) is 5.13 Å². The molecule has 0 atom stereocenters. The molecule has 1 N–H and O–H groups in total. The fraction of sp³-hybridized carbons (Fsp3) is 0.182. The van der Waals surface area contributed by atoms with Gasteiger partial charge in [0.2, 0.25) is 0 Å². The first kappa shape index (κ1) is 21.0. The Morgan fingerprint density at radius 1 is 1.13 bits per heavy atom. The molecular formula is C22H18ClN3O4S. The Kier molecular flexibility index (Phi) is 6.01. The number of amides is 3. The lowest BCUT2D eigenvalue weighted by atomic mass is 10.1. The number of carbonyl (C=O) groups is 3. The second-order valence-corrected chi connectivity index (χ2v) is 7.98. The van der Waals surface area contributed by atoms with E-state index in [1.807, 2.05) is 24.3 Å². The lowest BCUT2D eigenvalue weighted by Gasteiger charge is -2.13. The minimum atomic E-state index is -0.407. The molecule has 1 aromatic heterocycles. The number of hydrogen-bond acceptors (Lipinski definition) is 6. The van der Waals surface area contributed by atoms with Crippen LogP contribution in [-0.4, -0.2) is 41.3 Å². The normalized spacial score (nSPS) is 12.8. The molecule has 158 valence electrons. The number of aromatic nitrogens is 1. The van der Waals surface area contributed by atoms with Crippen molar-refractivity contribution in [3.05, 3.63) is 75.8 Å². The van der Waals surface area contributed by atoms with Gasteiger partial charge in [0, 0.05) is 17.5 Å². The van der Waals surface area contributed by atoms with Gasteiger partial charge in [-0.05, 0) is 42.3 Å². The molecule has 4 rings (SSSR count). The van der Waals surface area contributed by atoms with Crippen molar-refractivity contribution in [2.45, 2.75) is 12.3 Å². The van der Waals surface area contributed by atoms with E-state index in [-0.39, 0.29) is 29.5 Å². The molecule has 0 aliphatic carbocycles. The van der Waals surface area contributed by atoms with Gasteiger partial charge in [0.05, 0.1) is 29.8 Å². The second kappa shape index (κ2) is 8.87. The zero-order valence-corrected chi connectivity index (χ0v) is 18.1. The molecule has 9 heteroatoms. The van der Waals surface area contributed by atoms with Gasteiger partial charge in [-0.2, -0.15) is 0 Å². The van der Waals surface area contributed by atoms with E-state index >= 15 is 0 Å². The van der Waals surface area contributed by atoms with Crippen LogP contribution in [0.25, 0.3) is 0 Å². The van der Waals surface area contributed by atoms with Gasteiger partial charge in [0.1, 0.15) is 5.75 Å². The highest BCUT2D eigenvalue weighted by atomic mass is 35.5. The van der Waals surface area contributed by atoms with Gasteiger partial charge in [-0.3, -0.25) is 24.6 Å². The van der Waals surface area contributed by atoms with E-state index in [1.165, 1.54) is 34.4 Å². The monoisotopic (exact) mass is 455 g/mol. The van der Waals surface area contributed by atoms with E-state index in [0.717, 1.165) is 11.3 Å². The number of halogens is 1. The third-order valence-electron chi connectivity index (χ3n) is 4.93. The lowest BCUT2D eigenvalue weighted by Crippen LogP contribution is -2.31. The predicted octanol–water partition coefficient (Wildman–Crippen LogP) is 3.98. The Hall–Kier alpha value is -3.23. The summed E-state index contributed by atoms with van der Waals surface area (Å²) in [5.74, 6) is -0.162. The average molecular weight is 456 g/mol. The Labute approximate surface area is 187 Å². The molecule has 31 heavy (non-hydrogen) atoms. The molecule has 2 aromatic carbocycles. The Morgan fingerprint density at radius 3 is 2.55 bits per heavy atom. The quantitative estimate of drug-likeness (QED) is 0.430. The Bertz CT molecular complexity index is 1160. The molecule has 1 aliphatic rings. The molecular weight excluding hydrogens is 438 g/mol. The number of benzene rings is 2.